The minimum atomic E-state index is -4.65. The first kappa shape index (κ1) is 17.6. The molecule has 118 valence electrons. The normalized spacial score (nSPS) is 12.4. The Morgan fingerprint density at radius 1 is 0.773 bits per heavy atom. The van der Waals surface area contributed by atoms with Crippen LogP contribution in [0.15, 0.2) is 55.1 Å². The molecule has 22 heavy (non-hydrogen) atoms. The Bertz CT molecular complexity index is 952. The van der Waals surface area contributed by atoms with Crippen LogP contribution in [0.1, 0.15) is 0 Å². The Labute approximate surface area is 143 Å². The number of hydrogen-bond acceptors (Lipinski definition) is 4. The second-order valence-corrected chi connectivity index (χ2v) is 8.58. The summed E-state index contributed by atoms with van der Waals surface area (Å²) < 4.78 is 65.4. The summed E-state index contributed by atoms with van der Waals surface area (Å²) in [4.78, 5) is -0.966. The first-order valence-corrected chi connectivity index (χ1v) is 10.0. The number of rotatable bonds is 3. The lowest BCUT2D eigenvalue weighted by Gasteiger charge is -2.13. The molecule has 2 aromatic carbocycles. The van der Waals surface area contributed by atoms with Crippen LogP contribution < -0.4 is 0 Å². The molecule has 0 atom stereocenters. The molecule has 0 fully saturated rings. The molecule has 6 nitrogen and oxygen atoms in total. The van der Waals surface area contributed by atoms with E-state index >= 15 is 0 Å². The molecule has 0 unspecified atom stereocenters. The van der Waals surface area contributed by atoms with E-state index in [4.69, 9.17) is 0 Å². The highest BCUT2D eigenvalue weighted by Crippen LogP contribution is 2.39. The van der Waals surface area contributed by atoms with Crippen LogP contribution in [0.5, 0.6) is 0 Å². The van der Waals surface area contributed by atoms with Crippen molar-refractivity contribution < 1.29 is 25.9 Å². The topological polar surface area (TPSA) is 109 Å². The fourth-order valence-corrected chi connectivity index (χ4v) is 4.83. The maximum atomic E-state index is 11.7. The van der Waals surface area contributed by atoms with Gasteiger partial charge in [0.15, 0.2) is 0 Å². The third-order valence-corrected chi connectivity index (χ3v) is 6.89. The molecule has 0 heterocycles. The summed E-state index contributed by atoms with van der Waals surface area (Å²) in [6.45, 7) is 0. The van der Waals surface area contributed by atoms with Crippen LogP contribution >= 0.6 is 31.9 Å². The van der Waals surface area contributed by atoms with E-state index in [1.54, 1.807) is 0 Å². The maximum Gasteiger partial charge on any atom is 0.296 e. The summed E-state index contributed by atoms with van der Waals surface area (Å²) in [5.74, 6) is 0. The molecule has 0 aliphatic rings. The van der Waals surface area contributed by atoms with E-state index in [-0.39, 0.29) is 15.6 Å². The first-order chi connectivity index (χ1) is 10.0. The van der Waals surface area contributed by atoms with Gasteiger partial charge in [-0.1, -0.05) is 24.3 Å². The van der Waals surface area contributed by atoms with Crippen LogP contribution in [0, 0.1) is 0 Å². The average Bonchev–Trinajstić information content (AvgIpc) is 2.39. The summed E-state index contributed by atoms with van der Waals surface area (Å²) in [5.41, 5.74) is -0.114. The van der Waals surface area contributed by atoms with E-state index in [2.05, 4.69) is 31.9 Å². The molecular formula is C12H8Br2O6S2. The standard InChI is InChI=1S/C12H8Br2O6S2/c13-9-6-5-8(12(11(9)14)22(18,19)20)7-3-1-2-4-10(7)21(15,16)17/h1-6H,(H,15,16,17)(H,18,19,20). The lowest BCUT2D eigenvalue weighted by Crippen LogP contribution is -2.06. The average molecular weight is 472 g/mol. The lowest BCUT2D eigenvalue weighted by molar-refractivity contribution is 0.479. The molecule has 2 rings (SSSR count). The van der Waals surface area contributed by atoms with Crippen molar-refractivity contribution in [1.82, 2.24) is 0 Å². The van der Waals surface area contributed by atoms with Gasteiger partial charge in [0.2, 0.25) is 0 Å². The highest BCUT2D eigenvalue weighted by atomic mass is 79.9. The summed E-state index contributed by atoms with van der Waals surface area (Å²) in [5, 5.41) is 0. The monoisotopic (exact) mass is 470 g/mol. The van der Waals surface area contributed by atoms with Gasteiger partial charge in [0, 0.05) is 15.6 Å². The fourth-order valence-electron chi connectivity index (χ4n) is 1.91. The van der Waals surface area contributed by atoms with Gasteiger partial charge >= 0.3 is 0 Å². The van der Waals surface area contributed by atoms with Crippen LogP contribution in [0.3, 0.4) is 0 Å². The Kier molecular flexibility index (Phi) is 4.81. The van der Waals surface area contributed by atoms with Crippen molar-refractivity contribution in [2.24, 2.45) is 0 Å². The fraction of sp³-hybridized carbons (Fsp3) is 0. The van der Waals surface area contributed by atoms with E-state index in [0.717, 1.165) is 6.07 Å². The quantitative estimate of drug-likeness (QED) is 0.664. The second kappa shape index (κ2) is 6.02. The van der Waals surface area contributed by atoms with Crippen LogP contribution in [-0.4, -0.2) is 25.9 Å². The van der Waals surface area contributed by atoms with Crippen molar-refractivity contribution in [3.05, 3.63) is 45.3 Å². The SMILES string of the molecule is O=S(=O)(O)c1ccccc1-c1ccc(Br)c(Br)c1S(=O)(=O)O. The Morgan fingerprint density at radius 3 is 1.91 bits per heavy atom. The van der Waals surface area contributed by atoms with Gasteiger partial charge in [-0.2, -0.15) is 16.8 Å². The molecule has 0 aliphatic heterocycles. The Balaban J connectivity index is 2.96. The third-order valence-electron chi connectivity index (χ3n) is 2.76. The lowest BCUT2D eigenvalue weighted by atomic mass is 10.1. The maximum absolute atomic E-state index is 11.7. The molecule has 0 radical (unpaired) electrons. The molecule has 0 saturated heterocycles. The number of hydrogen-bond donors (Lipinski definition) is 2. The predicted molar refractivity (Wildman–Crippen MR) is 86.9 cm³/mol. The van der Waals surface area contributed by atoms with Crippen LogP contribution in [0.25, 0.3) is 11.1 Å². The summed E-state index contributed by atoms with van der Waals surface area (Å²) in [6.07, 6.45) is 0. The molecule has 0 aromatic heterocycles. The predicted octanol–water partition coefficient (Wildman–Crippen LogP) is 3.37. The number of benzene rings is 2. The van der Waals surface area contributed by atoms with Gasteiger partial charge in [-0.05, 0) is 44.0 Å². The molecule has 0 aliphatic carbocycles. The third kappa shape index (κ3) is 3.42. The molecule has 2 N–H and O–H groups in total. The highest BCUT2D eigenvalue weighted by molar-refractivity contribution is 9.13. The van der Waals surface area contributed by atoms with Gasteiger partial charge < -0.3 is 0 Å². The zero-order valence-electron chi connectivity index (χ0n) is 10.6. The molecule has 2 aromatic rings. The molecule has 0 amide bonds. The summed E-state index contributed by atoms with van der Waals surface area (Å²) in [7, 11) is -9.22. The van der Waals surface area contributed by atoms with Crippen molar-refractivity contribution in [2.75, 3.05) is 0 Å². The van der Waals surface area contributed by atoms with Gasteiger partial charge in [-0.15, -0.1) is 0 Å². The van der Waals surface area contributed by atoms with Crippen molar-refractivity contribution >= 4 is 52.1 Å². The summed E-state index contributed by atoms with van der Waals surface area (Å²) in [6, 6.07) is 8.13. The van der Waals surface area contributed by atoms with Crippen LogP contribution in [-0.2, 0) is 20.2 Å². The zero-order valence-corrected chi connectivity index (χ0v) is 15.4. The van der Waals surface area contributed by atoms with Crippen LogP contribution in [0.2, 0.25) is 0 Å². The van der Waals surface area contributed by atoms with Crippen molar-refractivity contribution in [3.63, 3.8) is 0 Å². The molecule has 0 saturated carbocycles. The van der Waals surface area contributed by atoms with E-state index < -0.39 is 30.0 Å². The van der Waals surface area contributed by atoms with Crippen molar-refractivity contribution in [1.29, 1.82) is 0 Å². The molecule has 0 spiro atoms. The van der Waals surface area contributed by atoms with E-state index in [0.29, 0.717) is 4.47 Å². The van der Waals surface area contributed by atoms with E-state index in [1.807, 2.05) is 0 Å². The van der Waals surface area contributed by atoms with Gasteiger partial charge in [-0.3, -0.25) is 9.11 Å². The van der Waals surface area contributed by atoms with Crippen molar-refractivity contribution in [3.8, 4) is 11.1 Å². The largest absolute Gasteiger partial charge is 0.296 e. The van der Waals surface area contributed by atoms with E-state index in [9.17, 15) is 25.9 Å². The van der Waals surface area contributed by atoms with E-state index in [1.165, 1.54) is 30.3 Å². The minimum Gasteiger partial charge on any atom is -0.282 e. The molecular weight excluding hydrogens is 464 g/mol. The molecule has 0 bridgehead atoms. The zero-order chi connectivity index (χ0) is 16.7. The van der Waals surface area contributed by atoms with Crippen molar-refractivity contribution in [2.45, 2.75) is 9.79 Å². The Hall–Kier alpha value is -0.780. The van der Waals surface area contributed by atoms with Gasteiger partial charge in [0.1, 0.15) is 9.79 Å². The molecule has 10 heteroatoms. The minimum absolute atomic E-state index is 0.0395. The van der Waals surface area contributed by atoms with Gasteiger partial charge in [-0.25, -0.2) is 0 Å². The Morgan fingerprint density at radius 2 is 1.36 bits per heavy atom. The summed E-state index contributed by atoms with van der Waals surface area (Å²) >= 11 is 6.15. The number of halogens is 2. The van der Waals surface area contributed by atoms with Gasteiger partial charge in [0.05, 0.1) is 4.47 Å². The smallest absolute Gasteiger partial charge is 0.282 e. The van der Waals surface area contributed by atoms with Gasteiger partial charge in [0.25, 0.3) is 20.2 Å². The second-order valence-electron chi connectivity index (χ2n) is 4.18. The first-order valence-electron chi connectivity index (χ1n) is 5.56. The highest BCUT2D eigenvalue weighted by Gasteiger charge is 2.26. The van der Waals surface area contributed by atoms with Crippen LogP contribution in [0.4, 0.5) is 0 Å².